The zero-order chi connectivity index (χ0) is 49.8. The van der Waals surface area contributed by atoms with Gasteiger partial charge in [0.05, 0.1) is 17.9 Å². The molecule has 66 heavy (non-hydrogen) atoms. The zero-order valence-corrected chi connectivity index (χ0v) is 43.3. The summed E-state index contributed by atoms with van der Waals surface area (Å²) in [5.41, 5.74) is 5.76. The Morgan fingerprint density at radius 2 is 1.61 bits per heavy atom. The van der Waals surface area contributed by atoms with Crippen molar-refractivity contribution in [3.05, 3.63) is 64.8 Å². The van der Waals surface area contributed by atoms with Gasteiger partial charge in [-0.1, -0.05) is 129 Å². The van der Waals surface area contributed by atoms with Crippen LogP contribution in [0.15, 0.2) is 47.7 Å². The highest BCUT2D eigenvalue weighted by Gasteiger charge is 2.46. The first-order valence-electron chi connectivity index (χ1n) is 25.4. The second kappa shape index (κ2) is 38.3. The van der Waals surface area contributed by atoms with E-state index in [0.29, 0.717) is 17.0 Å². The van der Waals surface area contributed by atoms with Crippen molar-refractivity contribution in [2.75, 3.05) is 26.4 Å². The molecule has 4 N–H and O–H groups in total. The van der Waals surface area contributed by atoms with Crippen molar-refractivity contribution in [3.63, 3.8) is 0 Å². The third-order valence-corrected chi connectivity index (χ3v) is 12.7. The highest BCUT2D eigenvalue weighted by Crippen LogP contribution is 2.58. The van der Waals surface area contributed by atoms with E-state index in [9.17, 15) is 22.8 Å². The van der Waals surface area contributed by atoms with Gasteiger partial charge in [-0.3, -0.25) is 4.79 Å². The summed E-state index contributed by atoms with van der Waals surface area (Å²) in [5.74, 6) is 3.30. The molecule has 6 rings (SSSR count). The van der Waals surface area contributed by atoms with Crippen LogP contribution in [-0.4, -0.2) is 60.5 Å². The molecule has 1 aromatic carbocycles. The molecular formula is C54H94F3N5O4. The molecule has 2 saturated carbocycles. The lowest BCUT2D eigenvalue weighted by Gasteiger charge is -2.33. The lowest BCUT2D eigenvalue weighted by atomic mass is 9.76. The number of amides is 2. The van der Waals surface area contributed by atoms with Crippen LogP contribution in [0.1, 0.15) is 208 Å². The molecule has 4 fully saturated rings. The van der Waals surface area contributed by atoms with E-state index in [1.165, 1.54) is 82.6 Å². The number of hydrogen-bond donors (Lipinski definition) is 4. The van der Waals surface area contributed by atoms with Gasteiger partial charge in [0.15, 0.2) is 6.67 Å². The molecule has 12 heteroatoms. The first-order valence-corrected chi connectivity index (χ1v) is 25.4. The van der Waals surface area contributed by atoms with Crippen LogP contribution in [0, 0.1) is 35.5 Å². The number of rotatable bonds is 14. The molecule has 3 atom stereocenters. The minimum absolute atomic E-state index is 0.0597. The predicted molar refractivity (Wildman–Crippen MR) is 269 cm³/mol. The Morgan fingerprint density at radius 3 is 1.97 bits per heavy atom. The number of imidazole rings is 1. The number of carbonyl (C=O) groups excluding carboxylic acids is 2. The Kier molecular flexibility index (Phi) is 36.2. The van der Waals surface area contributed by atoms with Gasteiger partial charge in [0.2, 0.25) is 5.91 Å². The number of ether oxygens (including phenoxy) is 2. The summed E-state index contributed by atoms with van der Waals surface area (Å²) >= 11 is 0. The van der Waals surface area contributed by atoms with Gasteiger partial charge in [0, 0.05) is 31.9 Å². The number of hydrogen-bond acceptors (Lipinski definition) is 6. The first-order chi connectivity index (χ1) is 31.5. The molecule has 2 saturated heterocycles. The third-order valence-electron chi connectivity index (χ3n) is 12.7. The fourth-order valence-electron chi connectivity index (χ4n) is 7.11. The maximum absolute atomic E-state index is 12.4. The highest BCUT2D eigenvalue weighted by molar-refractivity contribution is 5.95. The van der Waals surface area contributed by atoms with Gasteiger partial charge in [-0.25, -0.2) is 22.9 Å². The number of H-pyrrole nitrogens is 1. The number of allylic oxidation sites excluding steroid dienone is 2. The molecular weight excluding hydrogens is 840 g/mol. The van der Waals surface area contributed by atoms with E-state index < -0.39 is 13.1 Å². The molecule has 3 unspecified atom stereocenters. The fraction of sp³-hybridized carbons (Fsp3) is 0.741. The number of alkyl carbamates (subject to hydrolysis) is 1. The van der Waals surface area contributed by atoms with Crippen molar-refractivity contribution in [1.82, 2.24) is 20.6 Å². The Balaban J connectivity index is 0.000000870. The number of carbonyl (C=O) groups is 2. The standard InChI is InChI=1S/C21H27N3O2.C9H20.C8H15N.C5H9NO.C5H10O.C4H10.C2H3F3/c1-15-22-13-18(23-15)19(17-7-9-21(10-8-17)11-12-21)24-20(25)26-14-16-5-3-2-4-6-16;1-4-6-7-8-9(3)5-2;1-5-6(2)7(3)8(4)9;7-5-3-1-2-4-6-5;1-5-2-3-6-4-5;1-3-4-2;3-1-2(4)5/h2-6,13,17,19H,7-12,14H2,1H3,(H,22,23)(H,24,25);9H,4-8H2,1-3H3;9H,5H2,1-4H3;1-4H2,(H,6,7);5H,2-4H2,1H3;3-4H2,1-2H3;2H,1H2. The molecule has 2 amide bonds. The normalized spacial score (nSPS) is 18.0. The number of aromatic nitrogens is 2. The van der Waals surface area contributed by atoms with Crippen LogP contribution < -0.4 is 10.6 Å². The average molecular weight is 934 g/mol. The number of benzene rings is 1. The van der Waals surface area contributed by atoms with E-state index in [2.05, 4.69) is 76.0 Å². The summed E-state index contributed by atoms with van der Waals surface area (Å²) in [6, 6.07) is 9.70. The van der Waals surface area contributed by atoms with Crippen LogP contribution in [0.25, 0.3) is 0 Å². The number of alkyl halides is 3. The second-order valence-corrected chi connectivity index (χ2v) is 18.7. The molecule has 0 bridgehead atoms. The summed E-state index contributed by atoms with van der Waals surface area (Å²) in [5, 5.41) is 13.1. The van der Waals surface area contributed by atoms with Crippen LogP contribution in [0.3, 0.4) is 0 Å². The number of piperidine rings is 1. The van der Waals surface area contributed by atoms with Crippen LogP contribution in [0.4, 0.5) is 18.0 Å². The SMILES string of the molecule is CC1CCOC1.CCC(C)=C(C)C(C)=N.CCCC.CCCCCC(C)CC.Cc1ncc(C(NC(=O)OCc2ccccc2)C2CCC3(CC2)CC3)[nH]1.FCC(F)F.O=C1CCCCN1. The molecule has 0 radical (unpaired) electrons. The van der Waals surface area contributed by atoms with Crippen LogP contribution >= 0.6 is 0 Å². The van der Waals surface area contributed by atoms with Gasteiger partial charge < -0.3 is 30.5 Å². The first kappa shape index (κ1) is 62.3. The zero-order valence-electron chi connectivity index (χ0n) is 43.3. The maximum atomic E-state index is 12.4. The summed E-state index contributed by atoms with van der Waals surface area (Å²) in [6.07, 6.45) is 21.3. The van der Waals surface area contributed by atoms with E-state index >= 15 is 0 Å². The van der Waals surface area contributed by atoms with E-state index in [-0.39, 0.29) is 24.6 Å². The number of aryl methyl sites for hydroxylation is 1. The molecule has 9 nitrogen and oxygen atoms in total. The Hall–Kier alpha value is -3.67. The van der Waals surface area contributed by atoms with E-state index in [1.807, 2.05) is 57.3 Å². The lowest BCUT2D eigenvalue weighted by Crippen LogP contribution is -2.36. The van der Waals surface area contributed by atoms with Gasteiger partial charge in [0.25, 0.3) is 6.43 Å². The third kappa shape index (κ3) is 31.3. The molecule has 4 aliphatic rings. The maximum Gasteiger partial charge on any atom is 0.408 e. The Morgan fingerprint density at radius 1 is 0.970 bits per heavy atom. The molecule has 3 heterocycles. The van der Waals surface area contributed by atoms with Crippen molar-refractivity contribution in [1.29, 1.82) is 5.41 Å². The quantitative estimate of drug-likeness (QED) is 0.111. The van der Waals surface area contributed by atoms with Gasteiger partial charge in [0.1, 0.15) is 12.4 Å². The van der Waals surface area contributed by atoms with Gasteiger partial charge in [-0.2, -0.15) is 0 Å². The minimum Gasteiger partial charge on any atom is -0.445 e. The monoisotopic (exact) mass is 934 g/mol. The summed E-state index contributed by atoms with van der Waals surface area (Å²) < 4.78 is 41.6. The number of nitrogens with one attached hydrogen (secondary N) is 4. The van der Waals surface area contributed by atoms with Crippen molar-refractivity contribution in [2.24, 2.45) is 23.2 Å². The van der Waals surface area contributed by atoms with E-state index in [0.717, 1.165) is 92.8 Å². The smallest absolute Gasteiger partial charge is 0.408 e. The number of halogens is 3. The molecule has 380 valence electrons. The topological polar surface area (TPSA) is 129 Å². The van der Waals surface area contributed by atoms with E-state index in [1.54, 1.807) is 0 Å². The lowest BCUT2D eigenvalue weighted by molar-refractivity contribution is -0.122. The summed E-state index contributed by atoms with van der Waals surface area (Å²) in [7, 11) is 0. The largest absolute Gasteiger partial charge is 0.445 e. The highest BCUT2D eigenvalue weighted by atomic mass is 19.3. The van der Waals surface area contributed by atoms with Gasteiger partial charge in [-0.05, 0) is 126 Å². The van der Waals surface area contributed by atoms with Crippen molar-refractivity contribution in [2.45, 2.75) is 211 Å². The van der Waals surface area contributed by atoms with Crippen LogP contribution in [-0.2, 0) is 20.9 Å². The van der Waals surface area contributed by atoms with E-state index in [4.69, 9.17) is 14.9 Å². The summed E-state index contributed by atoms with van der Waals surface area (Å²) in [4.78, 5) is 30.4. The number of unbranched alkanes of at least 4 members (excludes halogenated alkanes) is 3. The summed E-state index contributed by atoms with van der Waals surface area (Å²) in [6.45, 7) is 25.0. The van der Waals surface area contributed by atoms with Gasteiger partial charge >= 0.3 is 6.09 Å². The number of nitrogens with zero attached hydrogens (tertiary/aromatic N) is 1. The average Bonchev–Trinajstić information content (AvgIpc) is 3.64. The fourth-order valence-corrected chi connectivity index (χ4v) is 7.11. The minimum atomic E-state index is -2.78. The molecule has 2 aromatic rings. The van der Waals surface area contributed by atoms with Crippen molar-refractivity contribution in [3.8, 4) is 0 Å². The Labute approximate surface area is 399 Å². The second-order valence-electron chi connectivity index (χ2n) is 18.7. The number of aromatic amines is 1. The molecule has 2 aliphatic heterocycles. The van der Waals surface area contributed by atoms with Gasteiger partial charge in [-0.15, -0.1) is 0 Å². The molecule has 2 aliphatic carbocycles. The predicted octanol–water partition coefficient (Wildman–Crippen LogP) is 15.4. The van der Waals surface area contributed by atoms with Crippen molar-refractivity contribution >= 4 is 17.7 Å². The molecule has 1 aromatic heterocycles. The Bertz CT molecular complexity index is 1540. The van der Waals surface area contributed by atoms with Crippen LogP contribution in [0.2, 0.25) is 0 Å². The molecule has 1 spiro atoms. The van der Waals surface area contributed by atoms with Crippen molar-refractivity contribution < 1.29 is 32.2 Å². The van der Waals surface area contributed by atoms with Crippen LogP contribution in [0.5, 0.6) is 0 Å².